The van der Waals surface area contributed by atoms with Crippen molar-refractivity contribution >= 4 is 27.8 Å². The first kappa shape index (κ1) is 25.6. The fourth-order valence-electron chi connectivity index (χ4n) is 4.23. The van der Waals surface area contributed by atoms with Gasteiger partial charge in [0.05, 0.1) is 31.4 Å². The van der Waals surface area contributed by atoms with Crippen LogP contribution in [0.2, 0.25) is 0 Å². The Labute approximate surface area is 222 Å². The lowest BCUT2D eigenvalue weighted by molar-refractivity contribution is -0.133. The summed E-state index contributed by atoms with van der Waals surface area (Å²) >= 11 is 0. The van der Waals surface area contributed by atoms with Gasteiger partial charge in [-0.1, -0.05) is 23.4 Å². The molecule has 0 saturated heterocycles. The van der Waals surface area contributed by atoms with E-state index in [1.54, 1.807) is 42.5 Å². The molecule has 1 N–H and O–H groups in total. The summed E-state index contributed by atoms with van der Waals surface area (Å²) in [5.41, 5.74) is 0.988. The lowest BCUT2D eigenvalue weighted by Gasteiger charge is -2.20. The van der Waals surface area contributed by atoms with Crippen LogP contribution in [-0.2, 0) is 17.9 Å². The fraction of sp³-hybridized carbons (Fsp3) is 0.214. The highest BCUT2D eigenvalue weighted by atomic mass is 16.5. The van der Waals surface area contributed by atoms with Crippen molar-refractivity contribution in [1.29, 1.82) is 0 Å². The molecule has 11 nitrogen and oxygen atoms in total. The number of H-pyrrole nitrogens is 1. The van der Waals surface area contributed by atoms with Crippen molar-refractivity contribution in [1.82, 2.24) is 29.9 Å². The van der Waals surface area contributed by atoms with Gasteiger partial charge in [-0.3, -0.25) is 19.4 Å². The van der Waals surface area contributed by atoms with E-state index in [1.165, 1.54) is 10.7 Å². The van der Waals surface area contributed by atoms with Gasteiger partial charge in [0.2, 0.25) is 5.43 Å². The predicted molar refractivity (Wildman–Crippen MR) is 145 cm³/mol. The van der Waals surface area contributed by atoms with E-state index < -0.39 is 11.0 Å². The molecule has 0 aliphatic carbocycles. The van der Waals surface area contributed by atoms with E-state index in [1.807, 2.05) is 37.3 Å². The number of hydrogen-bond acceptors (Lipinski definition) is 8. The number of carbonyl (C=O) groups excluding carboxylic acids is 1. The Morgan fingerprint density at radius 2 is 1.85 bits per heavy atom. The van der Waals surface area contributed by atoms with Crippen LogP contribution in [0.5, 0.6) is 11.5 Å². The van der Waals surface area contributed by atoms with E-state index in [4.69, 9.17) is 9.47 Å². The van der Waals surface area contributed by atoms with Gasteiger partial charge in [-0.25, -0.2) is 4.68 Å². The quantitative estimate of drug-likeness (QED) is 0.310. The zero-order chi connectivity index (χ0) is 27.4. The van der Waals surface area contributed by atoms with Crippen molar-refractivity contribution in [2.45, 2.75) is 20.0 Å². The molecule has 198 valence electrons. The zero-order valence-electron chi connectivity index (χ0n) is 21.5. The lowest BCUT2D eigenvalue weighted by Crippen LogP contribution is -2.34. The summed E-state index contributed by atoms with van der Waals surface area (Å²) in [6.07, 6.45) is 1.68. The molecular formula is C28H26N6O5. The number of hydrogen-bond donors (Lipinski definition) is 1. The first-order valence-electron chi connectivity index (χ1n) is 12.3. The van der Waals surface area contributed by atoms with E-state index in [0.717, 1.165) is 11.3 Å². The number of amides is 1. The minimum atomic E-state index is -0.557. The van der Waals surface area contributed by atoms with Gasteiger partial charge in [-0.05, 0) is 48.9 Å². The number of aromatic amines is 1. The molecule has 0 radical (unpaired) electrons. The molecule has 1 amide bonds. The Bertz CT molecular complexity index is 1750. The summed E-state index contributed by atoms with van der Waals surface area (Å²) in [5.74, 6) is 0.826. The number of aromatic nitrogens is 5. The smallest absolute Gasteiger partial charge is 0.278 e. The molecule has 0 fully saturated rings. The summed E-state index contributed by atoms with van der Waals surface area (Å²) in [6.45, 7) is 2.78. The first-order chi connectivity index (χ1) is 19.0. The number of benzene rings is 2. The molecule has 2 aromatic carbocycles. The first-order valence-corrected chi connectivity index (χ1v) is 12.3. The van der Waals surface area contributed by atoms with E-state index in [9.17, 15) is 14.4 Å². The van der Waals surface area contributed by atoms with Gasteiger partial charge >= 0.3 is 0 Å². The van der Waals surface area contributed by atoms with E-state index in [0.29, 0.717) is 24.6 Å². The molecule has 3 heterocycles. The third-order valence-corrected chi connectivity index (χ3v) is 6.32. The molecule has 3 aromatic heterocycles. The van der Waals surface area contributed by atoms with Gasteiger partial charge in [-0.15, -0.1) is 5.10 Å². The molecule has 11 heteroatoms. The molecule has 0 aliphatic heterocycles. The van der Waals surface area contributed by atoms with Crippen molar-refractivity contribution in [2.24, 2.45) is 0 Å². The van der Waals surface area contributed by atoms with Gasteiger partial charge in [0.15, 0.2) is 12.1 Å². The molecule has 5 aromatic rings. The maximum absolute atomic E-state index is 13.5. The predicted octanol–water partition coefficient (Wildman–Crippen LogP) is 2.51. The minimum absolute atomic E-state index is 0.0598. The summed E-state index contributed by atoms with van der Waals surface area (Å²) in [7, 11) is 1.58. The van der Waals surface area contributed by atoms with Crippen molar-refractivity contribution in [2.75, 3.05) is 20.3 Å². The second-order valence-electron chi connectivity index (χ2n) is 8.80. The van der Waals surface area contributed by atoms with Gasteiger partial charge in [0, 0.05) is 24.2 Å². The maximum Gasteiger partial charge on any atom is 0.278 e. The number of fused-ring (bicyclic) bond motifs is 2. The molecule has 0 aliphatic rings. The zero-order valence-corrected chi connectivity index (χ0v) is 21.5. The van der Waals surface area contributed by atoms with Crippen molar-refractivity contribution < 1.29 is 14.3 Å². The average Bonchev–Trinajstić information content (AvgIpc) is 3.34. The Morgan fingerprint density at radius 1 is 1.05 bits per heavy atom. The number of nitrogens with zero attached hydrogens (tertiary/aromatic N) is 5. The number of carbonyl (C=O) groups is 1. The summed E-state index contributed by atoms with van der Waals surface area (Å²) < 4.78 is 12.3. The summed E-state index contributed by atoms with van der Waals surface area (Å²) in [5, 5.41) is 8.30. The number of likely N-dealkylation sites (N-methyl/N-ethyl adjacent to an activating group) is 1. The number of nitrogens with one attached hydrogen (secondary N) is 1. The number of methoxy groups -OCH3 is 1. The summed E-state index contributed by atoms with van der Waals surface area (Å²) in [4.78, 5) is 47.8. The third-order valence-electron chi connectivity index (χ3n) is 6.32. The van der Waals surface area contributed by atoms with Crippen LogP contribution in [0.4, 0.5) is 0 Å². The topological polar surface area (TPSA) is 132 Å². The molecule has 0 atom stereocenters. The van der Waals surface area contributed by atoms with Crippen LogP contribution in [0.3, 0.4) is 0 Å². The van der Waals surface area contributed by atoms with Gasteiger partial charge in [0.1, 0.15) is 17.0 Å². The standard InChI is InChI=1S/C28H26N6O5/c1-3-33(16-19-6-4-5-13-29-19)24(35)17-39-21-11-12-22-23(14-21)30-28(37)25-26(27(22)36)34(32-31-25)15-18-7-9-20(38-2)10-8-18/h4-14H,3,15-17H2,1-2H3,(H,30,37). The third kappa shape index (κ3) is 5.47. The fourth-order valence-corrected chi connectivity index (χ4v) is 4.23. The average molecular weight is 527 g/mol. The van der Waals surface area contributed by atoms with Crippen molar-refractivity contribution in [3.05, 3.63) is 98.7 Å². The van der Waals surface area contributed by atoms with Crippen LogP contribution in [0, 0.1) is 0 Å². The summed E-state index contributed by atoms with van der Waals surface area (Å²) in [6, 6.07) is 17.5. The Balaban J connectivity index is 1.40. The number of pyridine rings is 1. The molecule has 0 spiro atoms. The molecule has 5 rings (SSSR count). The second kappa shape index (κ2) is 11.1. The van der Waals surface area contributed by atoms with E-state index in [-0.39, 0.29) is 41.0 Å². The molecule has 0 bridgehead atoms. The van der Waals surface area contributed by atoms with Crippen LogP contribution in [0.1, 0.15) is 18.2 Å². The Hall–Kier alpha value is -5.06. The monoisotopic (exact) mass is 526 g/mol. The molecular weight excluding hydrogens is 500 g/mol. The van der Waals surface area contributed by atoms with Crippen molar-refractivity contribution in [3.8, 4) is 11.5 Å². The largest absolute Gasteiger partial charge is 0.497 e. The van der Waals surface area contributed by atoms with E-state index >= 15 is 0 Å². The van der Waals surface area contributed by atoms with Crippen LogP contribution in [-0.4, -0.2) is 56.0 Å². The Morgan fingerprint density at radius 3 is 2.56 bits per heavy atom. The number of rotatable bonds is 9. The molecule has 0 saturated carbocycles. The Kier molecular flexibility index (Phi) is 7.30. The van der Waals surface area contributed by atoms with Crippen LogP contribution >= 0.6 is 0 Å². The maximum atomic E-state index is 13.5. The lowest BCUT2D eigenvalue weighted by atomic mass is 10.2. The number of ether oxygens (including phenoxy) is 2. The van der Waals surface area contributed by atoms with Gasteiger partial charge in [0.25, 0.3) is 11.5 Å². The van der Waals surface area contributed by atoms with Gasteiger partial charge < -0.3 is 19.4 Å². The van der Waals surface area contributed by atoms with Crippen LogP contribution < -0.4 is 20.5 Å². The molecule has 0 unspecified atom stereocenters. The highest BCUT2D eigenvalue weighted by molar-refractivity contribution is 5.87. The SMILES string of the molecule is CCN(Cc1ccccn1)C(=O)COc1ccc2c(=O)c3c(nnn3Cc3ccc(OC)cc3)c(=O)[nH]c2c1. The second-order valence-corrected chi connectivity index (χ2v) is 8.80. The highest BCUT2D eigenvalue weighted by Gasteiger charge is 2.16. The van der Waals surface area contributed by atoms with Gasteiger partial charge in [-0.2, -0.15) is 0 Å². The van der Waals surface area contributed by atoms with Crippen LogP contribution in [0.15, 0.2) is 76.4 Å². The molecule has 39 heavy (non-hydrogen) atoms. The van der Waals surface area contributed by atoms with Crippen LogP contribution in [0.25, 0.3) is 21.9 Å². The van der Waals surface area contributed by atoms with Crippen molar-refractivity contribution in [3.63, 3.8) is 0 Å². The normalized spacial score (nSPS) is 11.0. The minimum Gasteiger partial charge on any atom is -0.497 e. The van der Waals surface area contributed by atoms with E-state index in [2.05, 4.69) is 20.3 Å². The highest BCUT2D eigenvalue weighted by Crippen LogP contribution is 2.18.